The molecule has 3 unspecified atom stereocenters. The Morgan fingerprint density at radius 3 is 2.84 bits per heavy atom. The predicted molar refractivity (Wildman–Crippen MR) is 82.7 cm³/mol. The molecule has 1 saturated heterocycles. The molecule has 3 atom stereocenters. The number of nitrogens with zero attached hydrogens (tertiary/aromatic N) is 1. The first-order chi connectivity index (χ1) is 9.28. The van der Waals surface area contributed by atoms with Gasteiger partial charge >= 0.3 is 0 Å². The molecule has 1 aliphatic carbocycles. The highest BCUT2D eigenvalue weighted by molar-refractivity contribution is 8.00. The monoisotopic (exact) mass is 278 g/mol. The second kappa shape index (κ2) is 7.85. The first-order valence-electron chi connectivity index (χ1n) is 7.78. The van der Waals surface area contributed by atoms with Gasteiger partial charge in [-0.1, -0.05) is 45.1 Å². The predicted octanol–water partition coefficient (Wildman–Crippen LogP) is 4.59. The van der Waals surface area contributed by atoms with Crippen LogP contribution in [0.2, 0.25) is 0 Å². The fourth-order valence-electron chi connectivity index (χ4n) is 3.05. The van der Waals surface area contributed by atoms with Crippen molar-refractivity contribution < 1.29 is 0 Å². The maximum Gasteiger partial charge on any atom is 0.161 e. The maximum atomic E-state index is 9.15. The summed E-state index contributed by atoms with van der Waals surface area (Å²) in [5.74, 6) is 0.882. The molecular formula is C16H26N2S. The van der Waals surface area contributed by atoms with Crippen LogP contribution in [0.1, 0.15) is 64.7 Å². The third-order valence-corrected chi connectivity index (χ3v) is 5.51. The number of fused-ring (bicyclic) bond motifs is 2. The summed E-state index contributed by atoms with van der Waals surface area (Å²) in [5.41, 5.74) is 1.32. The lowest BCUT2D eigenvalue weighted by atomic mass is 9.97. The Bertz CT molecular complexity index is 345. The molecule has 106 valence electrons. The Labute approximate surface area is 122 Å². The Balaban J connectivity index is 1.96. The molecule has 19 heavy (non-hydrogen) atoms. The van der Waals surface area contributed by atoms with E-state index in [0.29, 0.717) is 5.25 Å². The second-order valence-corrected chi connectivity index (χ2v) is 7.43. The summed E-state index contributed by atoms with van der Waals surface area (Å²) >= 11 is 1.83. The highest BCUT2D eigenvalue weighted by Gasteiger charge is 2.24. The zero-order valence-electron chi connectivity index (χ0n) is 12.0. The zero-order valence-corrected chi connectivity index (χ0v) is 12.8. The third-order valence-electron chi connectivity index (χ3n) is 4.22. The van der Waals surface area contributed by atoms with Crippen LogP contribution in [0.5, 0.6) is 0 Å². The van der Waals surface area contributed by atoms with Crippen LogP contribution < -0.4 is 5.32 Å². The third kappa shape index (κ3) is 5.10. The molecule has 0 amide bonds. The molecule has 2 aliphatic rings. The van der Waals surface area contributed by atoms with Crippen LogP contribution in [-0.4, -0.2) is 10.6 Å². The van der Waals surface area contributed by atoms with Gasteiger partial charge in [0.25, 0.3) is 0 Å². The lowest BCUT2D eigenvalue weighted by Gasteiger charge is -2.29. The summed E-state index contributed by atoms with van der Waals surface area (Å²) in [6.45, 7) is 2.39. The van der Waals surface area contributed by atoms with Gasteiger partial charge < -0.3 is 5.32 Å². The van der Waals surface area contributed by atoms with Gasteiger partial charge in [-0.25, -0.2) is 0 Å². The fraction of sp³-hybridized carbons (Fsp3) is 0.812. The molecule has 0 saturated carbocycles. The van der Waals surface area contributed by atoms with Gasteiger partial charge in [0.15, 0.2) is 5.37 Å². The Kier molecular flexibility index (Phi) is 6.10. The van der Waals surface area contributed by atoms with E-state index in [9.17, 15) is 0 Å². The number of thioether (sulfide) groups is 1. The highest BCUT2D eigenvalue weighted by atomic mass is 32.2. The lowest BCUT2D eigenvalue weighted by molar-refractivity contribution is 0.447. The lowest BCUT2D eigenvalue weighted by Crippen LogP contribution is -2.33. The molecule has 0 spiro atoms. The number of hydrogen-bond donors (Lipinski definition) is 1. The summed E-state index contributed by atoms with van der Waals surface area (Å²) in [5, 5.41) is 13.1. The molecule has 0 aromatic carbocycles. The van der Waals surface area contributed by atoms with Gasteiger partial charge in [-0.3, -0.25) is 0 Å². The van der Waals surface area contributed by atoms with Crippen LogP contribution in [0.15, 0.2) is 11.8 Å². The fourth-order valence-corrected chi connectivity index (χ4v) is 4.29. The number of allylic oxidation sites excluding steroid dienone is 2. The Morgan fingerprint density at radius 1 is 1.21 bits per heavy atom. The van der Waals surface area contributed by atoms with Crippen LogP contribution in [0.4, 0.5) is 0 Å². The van der Waals surface area contributed by atoms with Crippen molar-refractivity contribution in [3.05, 3.63) is 11.8 Å². The minimum atomic E-state index is -0.0333. The van der Waals surface area contributed by atoms with E-state index in [2.05, 4.69) is 24.4 Å². The van der Waals surface area contributed by atoms with E-state index in [1.54, 1.807) is 0 Å². The summed E-state index contributed by atoms with van der Waals surface area (Å²) in [6.07, 6.45) is 14.1. The summed E-state index contributed by atoms with van der Waals surface area (Å²) in [6, 6.07) is 2.38. The number of hydrogen-bond acceptors (Lipinski definition) is 3. The van der Waals surface area contributed by atoms with Gasteiger partial charge in [-0.15, -0.1) is 11.8 Å². The van der Waals surface area contributed by atoms with Crippen LogP contribution in [0.3, 0.4) is 0 Å². The smallest absolute Gasteiger partial charge is 0.161 e. The topological polar surface area (TPSA) is 35.8 Å². The molecule has 0 radical (unpaired) electrons. The van der Waals surface area contributed by atoms with Crippen LogP contribution >= 0.6 is 11.8 Å². The quantitative estimate of drug-likeness (QED) is 0.704. The molecular weight excluding hydrogens is 252 g/mol. The molecule has 1 N–H and O–H groups in total. The minimum absolute atomic E-state index is 0.0333. The van der Waals surface area contributed by atoms with E-state index in [1.165, 1.54) is 57.1 Å². The zero-order chi connectivity index (χ0) is 13.5. The second-order valence-electron chi connectivity index (χ2n) is 6.02. The van der Waals surface area contributed by atoms with Crippen molar-refractivity contribution in [2.24, 2.45) is 5.92 Å². The van der Waals surface area contributed by atoms with Crippen molar-refractivity contribution in [3.63, 3.8) is 0 Å². The van der Waals surface area contributed by atoms with E-state index in [4.69, 9.17) is 5.26 Å². The van der Waals surface area contributed by atoms with Crippen LogP contribution in [-0.2, 0) is 0 Å². The normalized spacial score (nSPS) is 36.4. The number of nitriles is 1. The molecule has 0 aromatic rings. The average Bonchev–Trinajstić information content (AvgIpc) is 2.43. The highest BCUT2D eigenvalue weighted by Crippen LogP contribution is 2.32. The average molecular weight is 278 g/mol. The molecule has 1 heterocycles. The maximum absolute atomic E-state index is 9.15. The Hall–Kier alpha value is -0.620. The van der Waals surface area contributed by atoms with E-state index in [0.717, 1.165) is 12.3 Å². The largest absolute Gasteiger partial charge is 0.365 e. The minimum Gasteiger partial charge on any atom is -0.365 e. The van der Waals surface area contributed by atoms with Gasteiger partial charge in [-0.05, 0) is 31.6 Å². The number of rotatable bonds is 0. The van der Waals surface area contributed by atoms with Crippen molar-refractivity contribution in [1.29, 1.82) is 5.26 Å². The molecule has 2 nitrogen and oxygen atoms in total. The van der Waals surface area contributed by atoms with Crippen molar-refractivity contribution in [1.82, 2.24) is 5.32 Å². The number of nitrogens with one attached hydrogen (secondary N) is 1. The molecule has 2 bridgehead atoms. The van der Waals surface area contributed by atoms with Gasteiger partial charge in [0.2, 0.25) is 0 Å². The van der Waals surface area contributed by atoms with E-state index in [-0.39, 0.29) is 5.37 Å². The van der Waals surface area contributed by atoms with Crippen LogP contribution in [0.25, 0.3) is 0 Å². The molecule has 2 rings (SSSR count). The Morgan fingerprint density at radius 2 is 2.00 bits per heavy atom. The van der Waals surface area contributed by atoms with E-state index in [1.807, 2.05) is 11.8 Å². The standard InChI is InChI=1S/C16H26N2S/c1-13-7-3-2-4-10-15-11-14(9-6-5-8-13)18-16(12-17)19-15/h9,13,15-16,18H,2-8,10-11H2,1H3/b14-9+. The first kappa shape index (κ1) is 14.8. The summed E-state index contributed by atoms with van der Waals surface area (Å²) in [7, 11) is 0. The van der Waals surface area contributed by atoms with E-state index < -0.39 is 0 Å². The van der Waals surface area contributed by atoms with Gasteiger partial charge in [-0.2, -0.15) is 5.26 Å². The van der Waals surface area contributed by atoms with Crippen LogP contribution in [0, 0.1) is 17.2 Å². The molecule has 1 aliphatic heterocycles. The van der Waals surface area contributed by atoms with Crippen molar-refractivity contribution in [3.8, 4) is 6.07 Å². The van der Waals surface area contributed by atoms with E-state index >= 15 is 0 Å². The van der Waals surface area contributed by atoms with Gasteiger partial charge in [0.1, 0.15) is 0 Å². The van der Waals surface area contributed by atoms with Crippen molar-refractivity contribution in [2.45, 2.75) is 75.3 Å². The first-order valence-corrected chi connectivity index (χ1v) is 8.73. The van der Waals surface area contributed by atoms with Gasteiger partial charge in [0, 0.05) is 10.9 Å². The van der Waals surface area contributed by atoms with Crippen molar-refractivity contribution >= 4 is 11.8 Å². The van der Waals surface area contributed by atoms with Crippen molar-refractivity contribution in [2.75, 3.05) is 0 Å². The SMILES string of the molecule is CC1CCC/C=C2\CC(CCCCC1)SC(C#N)N2. The molecule has 3 heteroatoms. The molecule has 1 fully saturated rings. The van der Waals surface area contributed by atoms with Gasteiger partial charge in [0.05, 0.1) is 6.07 Å². The summed E-state index contributed by atoms with van der Waals surface area (Å²) < 4.78 is 0. The summed E-state index contributed by atoms with van der Waals surface area (Å²) in [4.78, 5) is 0. The molecule has 0 aromatic heterocycles.